The maximum atomic E-state index is 12.4. The molecular weight excluding hydrogens is 292 g/mol. The predicted molar refractivity (Wildman–Crippen MR) is 92.3 cm³/mol. The van der Waals surface area contributed by atoms with E-state index in [1.54, 1.807) is 13.2 Å². The van der Waals surface area contributed by atoms with Crippen molar-refractivity contribution in [2.24, 2.45) is 0 Å². The lowest BCUT2D eigenvalue weighted by molar-refractivity contribution is -0.128. The fourth-order valence-corrected chi connectivity index (χ4v) is 2.71. The third kappa shape index (κ3) is 5.39. The van der Waals surface area contributed by atoms with Gasteiger partial charge in [-0.2, -0.15) is 0 Å². The lowest BCUT2D eigenvalue weighted by Crippen LogP contribution is -2.51. The summed E-state index contributed by atoms with van der Waals surface area (Å²) in [6.07, 6.45) is 6.18. The summed E-state index contributed by atoms with van der Waals surface area (Å²) in [6, 6.07) is 0. The average Bonchev–Trinajstić information content (AvgIpc) is 2.58. The average molecular weight is 322 g/mol. The number of nitrogens with zero attached hydrogens (tertiary/aromatic N) is 3. The highest BCUT2D eigenvalue weighted by Crippen LogP contribution is 2.35. The fraction of sp³-hybridized carbons (Fsp3) is 0.647. The van der Waals surface area contributed by atoms with E-state index in [0.29, 0.717) is 0 Å². The molecule has 0 spiro atoms. The molecule has 6 heteroatoms. The second-order valence-electron chi connectivity index (χ2n) is 5.73. The Bertz CT molecular complexity index is 471. The molecule has 1 saturated heterocycles. The van der Waals surface area contributed by atoms with Gasteiger partial charge in [0.1, 0.15) is 13.1 Å². The van der Waals surface area contributed by atoms with Crippen LogP contribution in [0.1, 0.15) is 44.4 Å². The molecule has 1 amide bonds. The van der Waals surface area contributed by atoms with Gasteiger partial charge in [0.15, 0.2) is 0 Å². The van der Waals surface area contributed by atoms with Crippen molar-refractivity contribution < 1.29 is 9.59 Å². The van der Waals surface area contributed by atoms with E-state index in [4.69, 9.17) is 4.79 Å². The van der Waals surface area contributed by atoms with E-state index >= 15 is 0 Å². The van der Waals surface area contributed by atoms with Crippen molar-refractivity contribution in [2.75, 3.05) is 27.2 Å². The van der Waals surface area contributed by atoms with Gasteiger partial charge in [-0.05, 0) is 45.5 Å². The van der Waals surface area contributed by atoms with Gasteiger partial charge in [0.2, 0.25) is 5.91 Å². The summed E-state index contributed by atoms with van der Waals surface area (Å²) >= 11 is 0. The summed E-state index contributed by atoms with van der Waals surface area (Å²) in [5, 5.41) is 2.80. The van der Waals surface area contributed by atoms with Crippen LogP contribution in [0, 0.1) is 6.92 Å². The van der Waals surface area contributed by atoms with Crippen molar-refractivity contribution in [2.45, 2.75) is 45.4 Å². The molecule has 0 aliphatic carbocycles. The molecule has 1 aromatic rings. The third-order valence-corrected chi connectivity index (χ3v) is 3.85. The van der Waals surface area contributed by atoms with E-state index in [1.807, 2.05) is 13.7 Å². The Morgan fingerprint density at radius 2 is 1.87 bits per heavy atom. The molecule has 1 aliphatic heterocycles. The number of hydrogen-bond acceptors (Lipinski definition) is 5. The number of amides is 1. The van der Waals surface area contributed by atoms with E-state index in [9.17, 15) is 4.79 Å². The van der Waals surface area contributed by atoms with Gasteiger partial charge in [-0.25, -0.2) is 9.97 Å². The van der Waals surface area contributed by atoms with Crippen LogP contribution in [0.5, 0.6) is 0 Å². The molecule has 1 N–H and O–H groups in total. The minimum atomic E-state index is -0.492. The zero-order valence-electron chi connectivity index (χ0n) is 15.1. The topological polar surface area (TPSA) is 75.2 Å². The number of likely N-dealkylation sites (N-methyl/N-ethyl adjacent to an activating group) is 1. The number of nitrogens with one attached hydrogen (secondary N) is 1. The summed E-state index contributed by atoms with van der Waals surface area (Å²) in [4.78, 5) is 31.0. The maximum absolute atomic E-state index is 12.4. The van der Waals surface area contributed by atoms with Crippen LogP contribution in [0.3, 0.4) is 0 Å². The second kappa shape index (κ2) is 10.8. The predicted octanol–water partition coefficient (Wildman–Crippen LogP) is 1.73. The molecule has 1 fully saturated rings. The first-order chi connectivity index (χ1) is 11.0. The summed E-state index contributed by atoms with van der Waals surface area (Å²) in [5.74, 6) is 0.0670. The Labute approximate surface area is 139 Å². The number of rotatable bonds is 2. The number of carbonyl (C=O) groups excluding carboxylic acids is 2. The normalized spacial score (nSPS) is 16.2. The van der Waals surface area contributed by atoms with Crippen LogP contribution in [-0.2, 0) is 15.0 Å². The number of hydrogen-bond donors (Lipinski definition) is 1. The Morgan fingerprint density at radius 3 is 2.30 bits per heavy atom. The van der Waals surface area contributed by atoms with E-state index < -0.39 is 5.41 Å². The van der Waals surface area contributed by atoms with Gasteiger partial charge in [-0.3, -0.25) is 4.79 Å². The van der Waals surface area contributed by atoms with Gasteiger partial charge in [0, 0.05) is 13.2 Å². The van der Waals surface area contributed by atoms with Gasteiger partial charge in [0.05, 0.1) is 11.1 Å². The van der Waals surface area contributed by atoms with Crippen molar-refractivity contribution in [3.8, 4) is 0 Å². The number of likely N-dealkylation sites (tertiary alicyclic amines) is 1. The highest BCUT2D eigenvalue weighted by molar-refractivity contribution is 5.88. The van der Waals surface area contributed by atoms with E-state index in [0.717, 1.165) is 37.2 Å². The molecule has 2 heterocycles. The molecule has 130 valence electrons. The monoisotopic (exact) mass is 322 g/mol. The van der Waals surface area contributed by atoms with Crippen LogP contribution < -0.4 is 5.32 Å². The summed E-state index contributed by atoms with van der Waals surface area (Å²) in [6.45, 7) is 10.0. The molecule has 2 rings (SSSR count). The van der Waals surface area contributed by atoms with Crippen molar-refractivity contribution in [3.05, 3.63) is 23.8 Å². The van der Waals surface area contributed by atoms with Gasteiger partial charge in [-0.1, -0.05) is 20.3 Å². The smallest absolute Gasteiger partial charge is 0.232 e. The van der Waals surface area contributed by atoms with Crippen molar-refractivity contribution in [3.63, 3.8) is 0 Å². The summed E-state index contributed by atoms with van der Waals surface area (Å²) in [7, 11) is 3.78. The minimum absolute atomic E-state index is 0.0670. The first kappa shape index (κ1) is 21.2. The Kier molecular flexibility index (Phi) is 9.97. The van der Waals surface area contributed by atoms with Crippen LogP contribution in [0.4, 0.5) is 0 Å². The molecule has 0 aromatic carbocycles. The molecule has 0 radical (unpaired) electrons. The summed E-state index contributed by atoms with van der Waals surface area (Å²) < 4.78 is 0. The molecule has 0 atom stereocenters. The Morgan fingerprint density at radius 1 is 1.35 bits per heavy atom. The Balaban J connectivity index is 0.000000868. The fourth-order valence-electron chi connectivity index (χ4n) is 2.71. The lowest BCUT2D eigenvalue weighted by atomic mass is 9.73. The highest BCUT2D eigenvalue weighted by Gasteiger charge is 2.43. The lowest BCUT2D eigenvalue weighted by Gasteiger charge is -2.39. The van der Waals surface area contributed by atoms with Gasteiger partial charge < -0.3 is 15.0 Å². The number of carbonyl (C=O) groups is 2. The van der Waals surface area contributed by atoms with Crippen molar-refractivity contribution in [1.29, 1.82) is 0 Å². The number of piperidine rings is 1. The summed E-state index contributed by atoms with van der Waals surface area (Å²) in [5.41, 5.74) is 1.38. The molecule has 0 bridgehead atoms. The zero-order chi connectivity index (χ0) is 17.9. The van der Waals surface area contributed by atoms with Crippen LogP contribution >= 0.6 is 0 Å². The molecular formula is C17H30N4O2. The molecule has 0 saturated carbocycles. The Hall–Kier alpha value is -1.82. The first-order valence-corrected chi connectivity index (χ1v) is 7.98. The largest absolute Gasteiger partial charge is 0.358 e. The van der Waals surface area contributed by atoms with E-state index in [1.165, 1.54) is 12.7 Å². The maximum Gasteiger partial charge on any atom is 0.232 e. The molecule has 23 heavy (non-hydrogen) atoms. The quantitative estimate of drug-likeness (QED) is 0.897. The SMILES string of the molecule is C=O.CCC.CNC(=O)C1(c2ncncc2C)CCN(C)CC1. The second-order valence-corrected chi connectivity index (χ2v) is 5.73. The van der Waals surface area contributed by atoms with Gasteiger partial charge >= 0.3 is 0 Å². The van der Waals surface area contributed by atoms with Crippen LogP contribution in [0.2, 0.25) is 0 Å². The third-order valence-electron chi connectivity index (χ3n) is 3.85. The zero-order valence-corrected chi connectivity index (χ0v) is 15.1. The molecule has 6 nitrogen and oxygen atoms in total. The van der Waals surface area contributed by atoms with Gasteiger partial charge in [0.25, 0.3) is 0 Å². The minimum Gasteiger partial charge on any atom is -0.358 e. The highest BCUT2D eigenvalue weighted by atomic mass is 16.2. The van der Waals surface area contributed by atoms with Crippen LogP contribution in [-0.4, -0.2) is 54.7 Å². The van der Waals surface area contributed by atoms with Gasteiger partial charge in [-0.15, -0.1) is 0 Å². The molecule has 1 aliphatic rings. The number of aryl methyl sites for hydroxylation is 1. The first-order valence-electron chi connectivity index (χ1n) is 7.98. The standard InChI is InChI=1S/C13H20N4O.C3H8.CH2O/c1-10-8-15-9-16-11(10)13(12(18)14-2)4-6-17(3)7-5-13;1-3-2;1-2/h8-9H,4-7H2,1-3H3,(H,14,18);3H2,1-2H3;1H2. The van der Waals surface area contributed by atoms with Crippen molar-refractivity contribution >= 4 is 12.7 Å². The van der Waals surface area contributed by atoms with E-state index in [-0.39, 0.29) is 5.91 Å². The van der Waals surface area contributed by atoms with Crippen LogP contribution in [0.25, 0.3) is 0 Å². The number of aromatic nitrogens is 2. The molecule has 1 aromatic heterocycles. The van der Waals surface area contributed by atoms with Crippen molar-refractivity contribution in [1.82, 2.24) is 20.2 Å². The van der Waals surface area contributed by atoms with E-state index in [2.05, 4.69) is 41.1 Å². The molecule has 0 unspecified atom stereocenters. The van der Waals surface area contributed by atoms with Crippen LogP contribution in [0.15, 0.2) is 12.5 Å².